The Morgan fingerprint density at radius 3 is 2.49 bits per heavy atom. The molecule has 3 saturated heterocycles. The number of Topliss-reactive ketones (excluding diaryl/α,β-unsaturated/α-hetero) is 1. The van der Waals surface area contributed by atoms with Crippen molar-refractivity contribution in [3.05, 3.63) is 47.0 Å². The van der Waals surface area contributed by atoms with Gasteiger partial charge in [-0.1, -0.05) is 40.7 Å². The Hall–Kier alpha value is -1.66. The molecule has 3 heterocycles. The molecule has 0 bridgehead atoms. The van der Waals surface area contributed by atoms with Crippen LogP contribution in [0, 0.1) is 0 Å². The zero-order chi connectivity index (χ0) is 26.5. The van der Waals surface area contributed by atoms with E-state index in [1.165, 1.54) is 0 Å². The van der Waals surface area contributed by atoms with Crippen LogP contribution in [0.2, 0.25) is 0 Å². The fourth-order valence-corrected chi connectivity index (χ4v) is 5.70. The highest BCUT2D eigenvalue weighted by atomic mass is 79.9. The van der Waals surface area contributed by atoms with E-state index in [1.807, 2.05) is 6.07 Å². The molecule has 3 aliphatic heterocycles. The summed E-state index contributed by atoms with van der Waals surface area (Å²) in [5, 5.41) is 31.0. The summed E-state index contributed by atoms with van der Waals surface area (Å²) in [5.74, 6) is -0.628. The van der Waals surface area contributed by atoms with Gasteiger partial charge in [-0.2, -0.15) is 0 Å². The Morgan fingerprint density at radius 2 is 1.78 bits per heavy atom. The lowest BCUT2D eigenvalue weighted by molar-refractivity contribution is -0.260. The van der Waals surface area contributed by atoms with E-state index >= 15 is 0 Å². The number of fused-ring (bicyclic) bond motifs is 2. The fourth-order valence-electron chi connectivity index (χ4n) is 5.34. The first-order chi connectivity index (χ1) is 17.8. The molecule has 6 unspecified atom stereocenters. The first-order valence-corrected chi connectivity index (χ1v) is 13.6. The number of carbonyl (C=O) groups is 2. The molecule has 9 atom stereocenters. The largest absolute Gasteiger partial charge is 0.458 e. The van der Waals surface area contributed by atoms with Gasteiger partial charge in [0.1, 0.15) is 42.4 Å². The predicted octanol–water partition coefficient (Wildman–Crippen LogP) is 2.44. The van der Waals surface area contributed by atoms with E-state index in [-0.39, 0.29) is 37.4 Å². The van der Waals surface area contributed by atoms with Crippen molar-refractivity contribution >= 4 is 27.7 Å². The maximum Gasteiger partial charge on any atom is 0.338 e. The zero-order valence-electron chi connectivity index (χ0n) is 20.6. The Bertz CT molecular complexity index is 941. The van der Waals surface area contributed by atoms with Crippen LogP contribution in [0.25, 0.3) is 0 Å². The SMILES string of the molecule is C=C(Br)CC(CCC(=O)C[C@H]1OC2C(O)[C@H]3OC(CCO)CCC3O[C@H]2C1O)OC(=O)c1ccccc1. The molecule has 0 saturated carbocycles. The molecule has 0 amide bonds. The molecule has 0 aliphatic carbocycles. The van der Waals surface area contributed by atoms with Crippen molar-refractivity contribution in [3.63, 3.8) is 0 Å². The van der Waals surface area contributed by atoms with Crippen LogP contribution in [0.5, 0.6) is 0 Å². The van der Waals surface area contributed by atoms with Crippen molar-refractivity contribution in [2.75, 3.05) is 6.61 Å². The monoisotopic (exact) mass is 582 g/mol. The number of hydrogen-bond donors (Lipinski definition) is 3. The number of benzene rings is 1. The second-order valence-electron chi connectivity index (χ2n) is 9.97. The standard InChI is InChI=1S/C27H35BrO9/c1-15(28)13-19(35-27(33)16-5-3-2-4-6-16)8-7-17(30)14-21-22(31)25-26(37-21)23(32)24-20(36-25)10-9-18(34-24)11-12-29/h2-6,18-26,29,31-32H,1,7-14H2/t18?,19?,20?,21-,22?,23?,24+,25+,26?/m1/s1. The smallest absolute Gasteiger partial charge is 0.338 e. The van der Waals surface area contributed by atoms with Crippen LogP contribution < -0.4 is 0 Å². The lowest BCUT2D eigenvalue weighted by atomic mass is 9.88. The summed E-state index contributed by atoms with van der Waals surface area (Å²) >= 11 is 3.30. The highest BCUT2D eigenvalue weighted by molar-refractivity contribution is 9.11. The second kappa shape index (κ2) is 12.9. The summed E-state index contributed by atoms with van der Waals surface area (Å²) in [6.07, 6.45) is -3.59. The Balaban J connectivity index is 1.30. The highest BCUT2D eigenvalue weighted by Crippen LogP contribution is 2.40. The fraction of sp³-hybridized carbons (Fsp3) is 0.630. The number of rotatable bonds is 11. The topological polar surface area (TPSA) is 132 Å². The number of aliphatic hydroxyl groups is 3. The lowest BCUT2D eigenvalue weighted by Gasteiger charge is -2.46. The Labute approximate surface area is 224 Å². The van der Waals surface area contributed by atoms with Crippen molar-refractivity contribution in [2.45, 2.75) is 99.9 Å². The Morgan fingerprint density at radius 1 is 1.05 bits per heavy atom. The average Bonchev–Trinajstić information content (AvgIpc) is 3.18. The maximum absolute atomic E-state index is 12.8. The molecule has 4 rings (SSSR count). The number of hydrogen-bond acceptors (Lipinski definition) is 9. The molecule has 3 N–H and O–H groups in total. The van der Waals surface area contributed by atoms with Gasteiger partial charge in [0.15, 0.2) is 0 Å². The molecule has 0 spiro atoms. The molecule has 0 radical (unpaired) electrons. The van der Waals surface area contributed by atoms with Gasteiger partial charge in [-0.3, -0.25) is 4.79 Å². The van der Waals surface area contributed by atoms with E-state index in [4.69, 9.17) is 18.9 Å². The zero-order valence-corrected chi connectivity index (χ0v) is 22.2. The number of halogens is 1. The van der Waals surface area contributed by atoms with E-state index < -0.39 is 48.7 Å². The van der Waals surface area contributed by atoms with Gasteiger partial charge in [-0.05, 0) is 42.3 Å². The maximum atomic E-state index is 12.8. The first kappa shape index (κ1) is 28.4. The van der Waals surface area contributed by atoms with Crippen LogP contribution in [-0.2, 0) is 23.7 Å². The molecule has 3 aliphatic rings. The van der Waals surface area contributed by atoms with E-state index in [1.54, 1.807) is 24.3 Å². The van der Waals surface area contributed by atoms with Gasteiger partial charge in [0.25, 0.3) is 0 Å². The molecule has 3 fully saturated rings. The van der Waals surface area contributed by atoms with Crippen molar-refractivity contribution in [2.24, 2.45) is 0 Å². The van der Waals surface area contributed by atoms with E-state index in [0.29, 0.717) is 42.1 Å². The molecule has 9 nitrogen and oxygen atoms in total. The van der Waals surface area contributed by atoms with Gasteiger partial charge in [-0.25, -0.2) is 4.79 Å². The lowest BCUT2D eigenvalue weighted by Crippen LogP contribution is -2.61. The van der Waals surface area contributed by atoms with Gasteiger partial charge < -0.3 is 34.3 Å². The summed E-state index contributed by atoms with van der Waals surface area (Å²) in [6, 6.07) is 8.63. The predicted molar refractivity (Wildman–Crippen MR) is 136 cm³/mol. The normalized spacial score (nSPS) is 33.7. The van der Waals surface area contributed by atoms with E-state index in [0.717, 1.165) is 0 Å². The minimum atomic E-state index is -1.06. The number of carbonyl (C=O) groups excluding carboxylic acids is 2. The second-order valence-corrected chi connectivity index (χ2v) is 11.1. The third-order valence-electron chi connectivity index (χ3n) is 7.22. The molecule has 204 valence electrons. The quantitative estimate of drug-likeness (QED) is 0.336. The van der Waals surface area contributed by atoms with E-state index in [9.17, 15) is 24.9 Å². The third kappa shape index (κ3) is 7.06. The molecule has 0 aromatic heterocycles. The summed E-state index contributed by atoms with van der Waals surface area (Å²) in [5.41, 5.74) is 0.426. The van der Waals surface area contributed by atoms with Gasteiger partial charge in [-0.15, -0.1) is 0 Å². The van der Waals surface area contributed by atoms with Crippen LogP contribution >= 0.6 is 15.9 Å². The van der Waals surface area contributed by atoms with Crippen LogP contribution in [0.1, 0.15) is 55.3 Å². The number of ketones is 1. The van der Waals surface area contributed by atoms with Crippen LogP contribution in [0.4, 0.5) is 0 Å². The minimum absolute atomic E-state index is 0.000520. The van der Waals surface area contributed by atoms with Crippen LogP contribution in [-0.4, -0.2) is 88.6 Å². The van der Waals surface area contributed by atoms with Crippen LogP contribution in [0.15, 0.2) is 41.4 Å². The van der Waals surface area contributed by atoms with Crippen molar-refractivity contribution in [3.8, 4) is 0 Å². The molecule has 10 heteroatoms. The summed E-state index contributed by atoms with van der Waals surface area (Å²) < 4.78 is 24.2. The Kier molecular flexibility index (Phi) is 9.90. The van der Waals surface area contributed by atoms with Crippen molar-refractivity contribution < 1.29 is 43.9 Å². The highest BCUT2D eigenvalue weighted by Gasteiger charge is 2.56. The third-order valence-corrected chi connectivity index (χ3v) is 7.55. The number of esters is 1. The van der Waals surface area contributed by atoms with Crippen molar-refractivity contribution in [1.29, 1.82) is 0 Å². The summed E-state index contributed by atoms with van der Waals surface area (Å²) in [6.45, 7) is 3.82. The van der Waals surface area contributed by atoms with Gasteiger partial charge in [0.05, 0.1) is 23.9 Å². The number of aliphatic hydroxyl groups excluding tert-OH is 3. The summed E-state index contributed by atoms with van der Waals surface area (Å²) in [4.78, 5) is 25.3. The molecular weight excluding hydrogens is 548 g/mol. The number of ether oxygens (including phenoxy) is 4. The van der Waals surface area contributed by atoms with Gasteiger partial charge in [0.2, 0.25) is 0 Å². The average molecular weight is 583 g/mol. The van der Waals surface area contributed by atoms with Gasteiger partial charge in [0, 0.05) is 25.9 Å². The molecule has 37 heavy (non-hydrogen) atoms. The molecule has 1 aromatic carbocycles. The summed E-state index contributed by atoms with van der Waals surface area (Å²) in [7, 11) is 0. The molecular formula is C27H35BrO9. The van der Waals surface area contributed by atoms with E-state index in [2.05, 4.69) is 22.5 Å². The molecule has 1 aromatic rings. The van der Waals surface area contributed by atoms with Crippen LogP contribution in [0.3, 0.4) is 0 Å². The first-order valence-electron chi connectivity index (χ1n) is 12.8. The van der Waals surface area contributed by atoms with Crippen molar-refractivity contribution in [1.82, 2.24) is 0 Å². The van der Waals surface area contributed by atoms with Gasteiger partial charge >= 0.3 is 5.97 Å². The minimum Gasteiger partial charge on any atom is -0.458 e.